The van der Waals surface area contributed by atoms with Gasteiger partial charge in [-0.3, -0.25) is 14.3 Å². The Morgan fingerprint density at radius 1 is 1.22 bits per heavy atom. The maximum Gasteiger partial charge on any atom is 0.228 e. The summed E-state index contributed by atoms with van der Waals surface area (Å²) in [6.45, 7) is 5.44. The van der Waals surface area contributed by atoms with Crippen LogP contribution in [0.5, 0.6) is 11.5 Å². The summed E-state index contributed by atoms with van der Waals surface area (Å²) in [7, 11) is 1.64. The summed E-state index contributed by atoms with van der Waals surface area (Å²) in [5.41, 5.74) is 0.853. The zero-order valence-electron chi connectivity index (χ0n) is 13.9. The number of piperidine rings is 1. The van der Waals surface area contributed by atoms with Crippen molar-refractivity contribution in [3.8, 4) is 11.5 Å². The summed E-state index contributed by atoms with van der Waals surface area (Å²) < 4.78 is 12.9. The van der Waals surface area contributed by atoms with Crippen molar-refractivity contribution in [3.05, 3.63) is 24.4 Å². The van der Waals surface area contributed by atoms with Gasteiger partial charge in [-0.2, -0.15) is 0 Å². The SMILES string of the molecule is COc1ccc2c(c1)c(OCCN1CCCCC1)cn2C(C)=O. The molecule has 1 aliphatic rings. The highest BCUT2D eigenvalue weighted by Gasteiger charge is 2.14. The molecule has 1 aromatic carbocycles. The van der Waals surface area contributed by atoms with Gasteiger partial charge in [0.25, 0.3) is 0 Å². The van der Waals surface area contributed by atoms with Gasteiger partial charge in [0.2, 0.25) is 5.91 Å². The highest BCUT2D eigenvalue weighted by Crippen LogP contribution is 2.31. The number of likely N-dealkylation sites (tertiary alicyclic amines) is 1. The first kappa shape index (κ1) is 15.9. The van der Waals surface area contributed by atoms with Gasteiger partial charge < -0.3 is 9.47 Å². The Morgan fingerprint density at radius 2 is 2.00 bits per heavy atom. The number of methoxy groups -OCH3 is 1. The topological polar surface area (TPSA) is 43.7 Å². The fraction of sp³-hybridized carbons (Fsp3) is 0.500. The van der Waals surface area contributed by atoms with Crippen molar-refractivity contribution in [3.63, 3.8) is 0 Å². The zero-order valence-corrected chi connectivity index (χ0v) is 13.9. The van der Waals surface area contributed by atoms with Gasteiger partial charge >= 0.3 is 0 Å². The van der Waals surface area contributed by atoms with Crippen LogP contribution in [-0.2, 0) is 0 Å². The van der Waals surface area contributed by atoms with Gasteiger partial charge in [-0.1, -0.05) is 6.42 Å². The van der Waals surface area contributed by atoms with E-state index in [1.54, 1.807) is 24.8 Å². The Morgan fingerprint density at radius 3 is 2.70 bits per heavy atom. The minimum absolute atomic E-state index is 0.0222. The molecule has 1 aliphatic heterocycles. The fourth-order valence-electron chi connectivity index (χ4n) is 3.15. The van der Waals surface area contributed by atoms with Crippen molar-refractivity contribution in [2.75, 3.05) is 33.4 Å². The van der Waals surface area contributed by atoms with Gasteiger partial charge in [0, 0.05) is 18.9 Å². The second-order valence-electron chi connectivity index (χ2n) is 6.02. The molecule has 1 aromatic heterocycles. The number of nitrogens with zero attached hydrogens (tertiary/aromatic N) is 2. The van der Waals surface area contributed by atoms with Gasteiger partial charge in [0.05, 0.1) is 18.8 Å². The first-order chi connectivity index (χ1) is 11.2. The third-order valence-electron chi connectivity index (χ3n) is 4.43. The number of aromatic nitrogens is 1. The Hall–Kier alpha value is -2.01. The third-order valence-corrected chi connectivity index (χ3v) is 4.43. The molecule has 0 amide bonds. The van der Waals surface area contributed by atoms with Crippen LogP contribution in [0.25, 0.3) is 10.9 Å². The third kappa shape index (κ3) is 3.50. The lowest BCUT2D eigenvalue weighted by molar-refractivity contribution is 0.0940. The monoisotopic (exact) mass is 316 g/mol. The molecule has 0 unspecified atom stereocenters. The molecule has 2 heterocycles. The largest absolute Gasteiger partial charge is 0.497 e. The van der Waals surface area contributed by atoms with Gasteiger partial charge in [-0.15, -0.1) is 0 Å². The molecule has 3 rings (SSSR count). The summed E-state index contributed by atoms with van der Waals surface area (Å²) in [5.74, 6) is 1.48. The summed E-state index contributed by atoms with van der Waals surface area (Å²) in [5, 5.41) is 0.915. The van der Waals surface area contributed by atoms with E-state index in [-0.39, 0.29) is 5.91 Å². The number of carbonyl (C=O) groups excluding carboxylic acids is 1. The molecule has 0 aliphatic carbocycles. The van der Waals surface area contributed by atoms with Gasteiger partial charge in [-0.25, -0.2) is 0 Å². The lowest BCUT2D eigenvalue weighted by Crippen LogP contribution is -2.33. The normalized spacial score (nSPS) is 15.7. The second kappa shape index (κ2) is 7.04. The van der Waals surface area contributed by atoms with E-state index in [4.69, 9.17) is 9.47 Å². The van der Waals surface area contributed by atoms with Crippen LogP contribution >= 0.6 is 0 Å². The van der Waals surface area contributed by atoms with Crippen molar-refractivity contribution >= 4 is 16.8 Å². The molecule has 1 fully saturated rings. The van der Waals surface area contributed by atoms with Crippen molar-refractivity contribution in [1.29, 1.82) is 0 Å². The van der Waals surface area contributed by atoms with E-state index in [1.165, 1.54) is 19.3 Å². The van der Waals surface area contributed by atoms with E-state index < -0.39 is 0 Å². The molecule has 1 saturated heterocycles. The van der Waals surface area contributed by atoms with Crippen molar-refractivity contribution in [2.24, 2.45) is 0 Å². The summed E-state index contributed by atoms with van der Waals surface area (Å²) in [6, 6.07) is 5.68. The van der Waals surface area contributed by atoms with Crippen molar-refractivity contribution in [2.45, 2.75) is 26.2 Å². The number of hydrogen-bond acceptors (Lipinski definition) is 4. The Bertz CT molecular complexity index is 687. The van der Waals surface area contributed by atoms with Crippen LogP contribution < -0.4 is 9.47 Å². The van der Waals surface area contributed by atoms with Crippen molar-refractivity contribution in [1.82, 2.24) is 9.47 Å². The average molecular weight is 316 g/mol. The van der Waals surface area contributed by atoms with Gasteiger partial charge in [0.15, 0.2) is 0 Å². The standard InChI is InChI=1S/C18H24N2O3/c1-14(21)20-13-18(16-12-15(22-2)6-7-17(16)20)23-11-10-19-8-4-3-5-9-19/h6-7,12-13H,3-5,8-11H2,1-2H3. The van der Waals surface area contributed by atoms with Crippen LogP contribution in [0.4, 0.5) is 0 Å². The Balaban J connectivity index is 1.77. The molecule has 0 spiro atoms. The van der Waals surface area contributed by atoms with Crippen LogP contribution in [0.2, 0.25) is 0 Å². The number of ether oxygens (including phenoxy) is 2. The lowest BCUT2D eigenvalue weighted by Gasteiger charge is -2.26. The maximum atomic E-state index is 11.8. The van der Waals surface area contributed by atoms with E-state index in [0.29, 0.717) is 6.61 Å². The second-order valence-corrected chi connectivity index (χ2v) is 6.02. The smallest absolute Gasteiger partial charge is 0.228 e. The number of carbonyl (C=O) groups is 1. The molecule has 5 nitrogen and oxygen atoms in total. The minimum atomic E-state index is -0.0222. The predicted octanol–water partition coefficient (Wildman–Crippen LogP) is 3.17. The lowest BCUT2D eigenvalue weighted by atomic mass is 10.1. The molecule has 0 N–H and O–H groups in total. The predicted molar refractivity (Wildman–Crippen MR) is 90.6 cm³/mol. The first-order valence-corrected chi connectivity index (χ1v) is 8.24. The van der Waals surface area contributed by atoms with E-state index in [2.05, 4.69) is 4.90 Å². The number of fused-ring (bicyclic) bond motifs is 1. The molecule has 5 heteroatoms. The number of benzene rings is 1. The Labute approximate surface area is 136 Å². The number of rotatable bonds is 5. The highest BCUT2D eigenvalue weighted by atomic mass is 16.5. The highest BCUT2D eigenvalue weighted by molar-refractivity contribution is 5.96. The maximum absolute atomic E-state index is 11.8. The van der Waals surface area contributed by atoms with Crippen LogP contribution in [0.1, 0.15) is 31.0 Å². The van der Waals surface area contributed by atoms with Gasteiger partial charge in [0.1, 0.15) is 18.1 Å². The Kier molecular flexibility index (Phi) is 4.86. The molecule has 0 saturated carbocycles. The van der Waals surface area contributed by atoms with E-state index in [0.717, 1.165) is 42.0 Å². The first-order valence-electron chi connectivity index (χ1n) is 8.24. The van der Waals surface area contributed by atoms with Crippen LogP contribution in [0.15, 0.2) is 24.4 Å². The van der Waals surface area contributed by atoms with E-state index in [9.17, 15) is 4.79 Å². The molecule has 124 valence electrons. The summed E-state index contributed by atoms with van der Waals surface area (Å²) in [6.07, 6.45) is 5.67. The van der Waals surface area contributed by atoms with E-state index in [1.807, 2.05) is 18.2 Å². The quantitative estimate of drug-likeness (QED) is 0.850. The molecule has 0 atom stereocenters. The van der Waals surface area contributed by atoms with E-state index >= 15 is 0 Å². The molecule has 0 bridgehead atoms. The number of hydrogen-bond donors (Lipinski definition) is 0. The molecule has 23 heavy (non-hydrogen) atoms. The molecule has 2 aromatic rings. The summed E-state index contributed by atoms with van der Waals surface area (Å²) >= 11 is 0. The van der Waals surface area contributed by atoms with Gasteiger partial charge in [-0.05, 0) is 44.1 Å². The summed E-state index contributed by atoms with van der Waals surface area (Å²) in [4.78, 5) is 14.3. The van der Waals surface area contributed by atoms with Crippen molar-refractivity contribution < 1.29 is 14.3 Å². The van der Waals surface area contributed by atoms with Crippen LogP contribution in [0.3, 0.4) is 0 Å². The zero-order chi connectivity index (χ0) is 16.2. The molecular weight excluding hydrogens is 292 g/mol. The molecule has 0 radical (unpaired) electrons. The molecular formula is C18H24N2O3. The van der Waals surface area contributed by atoms with Crippen LogP contribution in [-0.4, -0.2) is 48.7 Å². The average Bonchev–Trinajstić information content (AvgIpc) is 2.94. The minimum Gasteiger partial charge on any atom is -0.497 e. The van der Waals surface area contributed by atoms with Crippen LogP contribution in [0, 0.1) is 0 Å². The fourth-order valence-corrected chi connectivity index (χ4v) is 3.15.